The predicted octanol–water partition coefficient (Wildman–Crippen LogP) is -0.883. The lowest BCUT2D eigenvalue weighted by molar-refractivity contribution is -0.140. The maximum Gasteiger partial charge on any atom is 0.317 e. The lowest BCUT2D eigenvalue weighted by Crippen LogP contribution is -2.47. The zero-order chi connectivity index (χ0) is 14.4. The second kappa shape index (κ2) is 7.08. The van der Waals surface area contributed by atoms with Crippen molar-refractivity contribution < 1.29 is 19.5 Å². The average molecular weight is 271 g/mol. The van der Waals surface area contributed by atoms with Gasteiger partial charge in [-0.1, -0.05) is 6.92 Å². The van der Waals surface area contributed by atoms with Crippen LogP contribution in [0.2, 0.25) is 0 Å². The Morgan fingerprint density at radius 3 is 2.53 bits per heavy atom. The Balaban J connectivity index is 2.54. The van der Waals surface area contributed by atoms with E-state index < -0.39 is 11.9 Å². The monoisotopic (exact) mass is 271 g/mol. The molecule has 19 heavy (non-hydrogen) atoms. The summed E-state index contributed by atoms with van der Waals surface area (Å²) >= 11 is 0. The van der Waals surface area contributed by atoms with Gasteiger partial charge in [0, 0.05) is 13.1 Å². The van der Waals surface area contributed by atoms with Crippen molar-refractivity contribution in [2.24, 2.45) is 11.7 Å². The zero-order valence-electron chi connectivity index (χ0n) is 11.2. The van der Waals surface area contributed by atoms with Crippen LogP contribution in [0.5, 0.6) is 0 Å². The van der Waals surface area contributed by atoms with Crippen molar-refractivity contribution in [3.8, 4) is 0 Å². The molecule has 1 heterocycles. The first-order valence-corrected chi connectivity index (χ1v) is 6.38. The molecule has 1 unspecified atom stereocenters. The smallest absolute Gasteiger partial charge is 0.317 e. The van der Waals surface area contributed by atoms with Crippen LogP contribution in [0.3, 0.4) is 0 Å². The Kier molecular flexibility index (Phi) is 5.75. The third kappa shape index (κ3) is 5.69. The fourth-order valence-electron chi connectivity index (χ4n) is 2.29. The Hall–Kier alpha value is -1.63. The number of likely N-dealkylation sites (tertiary alicyclic amines) is 1. The molecule has 0 aromatic heterocycles. The van der Waals surface area contributed by atoms with E-state index in [1.54, 1.807) is 4.90 Å². The average Bonchev–Trinajstić information content (AvgIpc) is 2.26. The van der Waals surface area contributed by atoms with Gasteiger partial charge in [-0.3, -0.25) is 19.3 Å². The first-order chi connectivity index (χ1) is 8.88. The number of hydrogen-bond donors (Lipinski definition) is 2. The molecule has 1 fully saturated rings. The number of rotatable bonds is 6. The van der Waals surface area contributed by atoms with Gasteiger partial charge in [-0.25, -0.2) is 0 Å². The minimum atomic E-state index is -1.08. The van der Waals surface area contributed by atoms with Crippen molar-refractivity contribution in [1.29, 1.82) is 0 Å². The molecule has 1 rings (SSSR count). The topological polar surface area (TPSA) is 104 Å². The second-order valence-electron chi connectivity index (χ2n) is 5.09. The van der Waals surface area contributed by atoms with Gasteiger partial charge in [0.1, 0.15) is 0 Å². The third-order valence-electron chi connectivity index (χ3n) is 3.11. The molecular formula is C12H21N3O4. The number of hydrogen-bond acceptors (Lipinski definition) is 4. The number of nitrogens with two attached hydrogens (primary N) is 1. The summed E-state index contributed by atoms with van der Waals surface area (Å²) in [6, 6.07) is 0. The van der Waals surface area contributed by atoms with E-state index in [1.165, 1.54) is 4.90 Å². The first-order valence-electron chi connectivity index (χ1n) is 6.38. The van der Waals surface area contributed by atoms with Gasteiger partial charge in [0.05, 0.1) is 19.6 Å². The molecule has 0 bridgehead atoms. The molecule has 7 nitrogen and oxygen atoms in total. The molecule has 0 saturated carbocycles. The van der Waals surface area contributed by atoms with Gasteiger partial charge in [0.2, 0.25) is 11.8 Å². The molecular weight excluding hydrogens is 250 g/mol. The summed E-state index contributed by atoms with van der Waals surface area (Å²) in [4.78, 5) is 36.6. The van der Waals surface area contributed by atoms with Crippen LogP contribution < -0.4 is 5.73 Å². The number of carbonyl (C=O) groups is 3. The van der Waals surface area contributed by atoms with E-state index >= 15 is 0 Å². The predicted molar refractivity (Wildman–Crippen MR) is 68.2 cm³/mol. The van der Waals surface area contributed by atoms with E-state index in [0.717, 1.165) is 12.8 Å². The third-order valence-corrected chi connectivity index (χ3v) is 3.11. The highest BCUT2D eigenvalue weighted by atomic mass is 16.4. The van der Waals surface area contributed by atoms with Crippen LogP contribution in [0.15, 0.2) is 0 Å². The molecule has 1 atom stereocenters. The Bertz CT molecular complexity index is 343. The standard InChI is InChI=1S/C12H21N3O4/c1-9-3-2-4-15(5-9)11(17)7-14(6-10(13)16)8-12(18)19/h9H,2-8H2,1H3,(H2,13,16)(H,18,19). The molecule has 0 radical (unpaired) electrons. The second-order valence-corrected chi connectivity index (χ2v) is 5.09. The summed E-state index contributed by atoms with van der Waals surface area (Å²) in [5, 5.41) is 8.74. The van der Waals surface area contributed by atoms with Gasteiger partial charge in [0.15, 0.2) is 0 Å². The SMILES string of the molecule is CC1CCCN(C(=O)CN(CC(N)=O)CC(=O)O)C1. The summed E-state index contributed by atoms with van der Waals surface area (Å²) in [6.07, 6.45) is 2.06. The quantitative estimate of drug-likeness (QED) is 0.652. The van der Waals surface area contributed by atoms with E-state index in [0.29, 0.717) is 19.0 Å². The van der Waals surface area contributed by atoms with Crippen molar-refractivity contribution in [1.82, 2.24) is 9.80 Å². The molecule has 108 valence electrons. The summed E-state index contributed by atoms with van der Waals surface area (Å²) < 4.78 is 0. The summed E-state index contributed by atoms with van der Waals surface area (Å²) in [5.74, 6) is -1.40. The van der Waals surface area contributed by atoms with Crippen molar-refractivity contribution >= 4 is 17.8 Å². The van der Waals surface area contributed by atoms with Gasteiger partial charge in [-0.15, -0.1) is 0 Å². The van der Waals surface area contributed by atoms with Crippen LogP contribution in [0.25, 0.3) is 0 Å². The minimum Gasteiger partial charge on any atom is -0.480 e. The lowest BCUT2D eigenvalue weighted by atomic mass is 10.0. The molecule has 7 heteroatoms. The molecule has 1 aliphatic rings. The van der Waals surface area contributed by atoms with Gasteiger partial charge in [-0.05, 0) is 18.8 Å². The van der Waals surface area contributed by atoms with E-state index in [4.69, 9.17) is 10.8 Å². The van der Waals surface area contributed by atoms with Gasteiger partial charge in [0.25, 0.3) is 0 Å². The van der Waals surface area contributed by atoms with E-state index in [-0.39, 0.29) is 25.5 Å². The van der Waals surface area contributed by atoms with Crippen LogP contribution in [-0.2, 0) is 14.4 Å². The first kappa shape index (κ1) is 15.4. The largest absolute Gasteiger partial charge is 0.480 e. The number of amides is 2. The maximum absolute atomic E-state index is 12.1. The number of carbonyl (C=O) groups excluding carboxylic acids is 2. The number of primary amides is 1. The minimum absolute atomic E-state index is 0.0814. The van der Waals surface area contributed by atoms with Crippen molar-refractivity contribution in [3.05, 3.63) is 0 Å². The molecule has 0 spiro atoms. The van der Waals surface area contributed by atoms with Crippen LogP contribution >= 0.6 is 0 Å². The number of carboxylic acid groups (broad SMARTS) is 1. The number of nitrogens with zero attached hydrogens (tertiary/aromatic N) is 2. The number of carboxylic acids is 1. The van der Waals surface area contributed by atoms with Crippen molar-refractivity contribution in [2.75, 3.05) is 32.7 Å². The Labute approximate surface area is 112 Å². The van der Waals surface area contributed by atoms with Crippen molar-refractivity contribution in [2.45, 2.75) is 19.8 Å². The van der Waals surface area contributed by atoms with E-state index in [2.05, 4.69) is 6.92 Å². The molecule has 1 aliphatic heterocycles. The molecule has 0 aromatic rings. The normalized spacial score (nSPS) is 19.5. The summed E-state index contributed by atoms with van der Waals surface area (Å²) in [6.45, 7) is 2.80. The highest BCUT2D eigenvalue weighted by Crippen LogP contribution is 2.15. The van der Waals surface area contributed by atoms with Crippen molar-refractivity contribution in [3.63, 3.8) is 0 Å². The molecule has 1 saturated heterocycles. The van der Waals surface area contributed by atoms with Gasteiger partial charge >= 0.3 is 5.97 Å². The van der Waals surface area contributed by atoms with Gasteiger partial charge < -0.3 is 15.7 Å². The number of piperidine rings is 1. The summed E-state index contributed by atoms with van der Waals surface area (Å²) in [7, 11) is 0. The molecule has 0 aromatic carbocycles. The Morgan fingerprint density at radius 1 is 1.32 bits per heavy atom. The van der Waals surface area contributed by atoms with E-state index in [9.17, 15) is 14.4 Å². The molecule has 0 aliphatic carbocycles. The van der Waals surface area contributed by atoms with E-state index in [1.807, 2.05) is 0 Å². The van der Waals surface area contributed by atoms with Crippen LogP contribution in [0, 0.1) is 5.92 Å². The van der Waals surface area contributed by atoms with Gasteiger partial charge in [-0.2, -0.15) is 0 Å². The fourth-order valence-corrected chi connectivity index (χ4v) is 2.29. The van der Waals surface area contributed by atoms with Crippen LogP contribution in [0.1, 0.15) is 19.8 Å². The molecule has 2 amide bonds. The Morgan fingerprint density at radius 2 is 2.00 bits per heavy atom. The lowest BCUT2D eigenvalue weighted by Gasteiger charge is -2.32. The molecule has 3 N–H and O–H groups in total. The zero-order valence-corrected chi connectivity index (χ0v) is 11.2. The maximum atomic E-state index is 12.1. The fraction of sp³-hybridized carbons (Fsp3) is 0.750. The number of aliphatic carboxylic acids is 1. The highest BCUT2D eigenvalue weighted by molar-refractivity contribution is 5.81. The van der Waals surface area contributed by atoms with Crippen LogP contribution in [0.4, 0.5) is 0 Å². The summed E-state index contributed by atoms with van der Waals surface area (Å²) in [5.41, 5.74) is 5.05. The highest BCUT2D eigenvalue weighted by Gasteiger charge is 2.23. The van der Waals surface area contributed by atoms with Crippen LogP contribution in [-0.4, -0.2) is 65.4 Å².